The smallest absolute Gasteiger partial charge is 0.293 e. The van der Waals surface area contributed by atoms with Crippen molar-refractivity contribution in [3.8, 4) is 0 Å². The van der Waals surface area contributed by atoms with Crippen LogP contribution in [0.5, 0.6) is 0 Å². The Balaban J connectivity index is 1.66. The van der Waals surface area contributed by atoms with Crippen LogP contribution in [0.1, 0.15) is 40.6 Å². The van der Waals surface area contributed by atoms with Crippen LogP contribution in [0.25, 0.3) is 0 Å². The van der Waals surface area contributed by atoms with Gasteiger partial charge in [0.2, 0.25) is 5.78 Å². The highest BCUT2D eigenvalue weighted by atomic mass is 19.1. The third-order valence-electron chi connectivity index (χ3n) is 5.11. The van der Waals surface area contributed by atoms with Gasteiger partial charge in [-0.1, -0.05) is 12.1 Å². The van der Waals surface area contributed by atoms with E-state index in [1.807, 2.05) is 0 Å². The van der Waals surface area contributed by atoms with Gasteiger partial charge in [0.1, 0.15) is 11.5 Å². The van der Waals surface area contributed by atoms with E-state index in [1.165, 1.54) is 24.4 Å². The minimum Gasteiger partial charge on any atom is -0.372 e. The number of ketones is 1. The minimum atomic E-state index is -0.508. The number of nitro groups is 1. The number of nitrogens with zero attached hydrogens (tertiary/aromatic N) is 3. The van der Waals surface area contributed by atoms with Crippen molar-refractivity contribution in [3.63, 3.8) is 0 Å². The fraction of sp³-hybridized carbons (Fsp3) is 0.238. The van der Waals surface area contributed by atoms with Crippen LogP contribution in [-0.2, 0) is 7.05 Å². The number of nitro benzene ring substituents is 1. The molecule has 1 N–H and O–H groups in total. The fourth-order valence-electron chi connectivity index (χ4n) is 3.40. The van der Waals surface area contributed by atoms with Gasteiger partial charge >= 0.3 is 0 Å². The molecular weight excluding hydrogens is 375 g/mol. The largest absolute Gasteiger partial charge is 0.372 e. The summed E-state index contributed by atoms with van der Waals surface area (Å²) in [7, 11) is 1.69. The van der Waals surface area contributed by atoms with Crippen LogP contribution in [0.3, 0.4) is 0 Å². The maximum Gasteiger partial charge on any atom is 0.293 e. The Morgan fingerprint density at radius 2 is 2.00 bits per heavy atom. The number of benzene rings is 2. The molecule has 1 heterocycles. The summed E-state index contributed by atoms with van der Waals surface area (Å²) in [6.07, 6.45) is 5.14. The summed E-state index contributed by atoms with van der Waals surface area (Å²) >= 11 is 0. The molecule has 29 heavy (non-hydrogen) atoms. The molecule has 4 rings (SSSR count). The molecule has 1 atom stereocenters. The Bertz CT molecular complexity index is 1070. The van der Waals surface area contributed by atoms with Crippen molar-refractivity contribution in [1.82, 2.24) is 9.55 Å². The molecule has 148 valence electrons. The molecular formula is C21H19FN4O3. The highest BCUT2D eigenvalue weighted by Crippen LogP contribution is 2.44. The first-order valence-corrected chi connectivity index (χ1v) is 9.26. The molecule has 8 heteroatoms. The zero-order chi connectivity index (χ0) is 20.5. The maximum atomic E-state index is 13.3. The number of carbonyl (C=O) groups is 1. The topological polar surface area (TPSA) is 90.1 Å². The number of hydrogen-bond acceptors (Lipinski definition) is 5. The Hall–Kier alpha value is -3.55. The molecule has 0 bridgehead atoms. The molecule has 1 saturated carbocycles. The summed E-state index contributed by atoms with van der Waals surface area (Å²) in [6.45, 7) is 0. The number of rotatable bonds is 7. The molecule has 2 aromatic carbocycles. The molecule has 0 radical (unpaired) electrons. The third kappa shape index (κ3) is 3.87. The fourth-order valence-corrected chi connectivity index (χ4v) is 3.40. The van der Waals surface area contributed by atoms with E-state index < -0.39 is 4.92 Å². The number of anilines is 1. The molecule has 0 amide bonds. The van der Waals surface area contributed by atoms with Crippen LogP contribution in [0.2, 0.25) is 0 Å². The first-order chi connectivity index (χ1) is 13.9. The lowest BCUT2D eigenvalue weighted by Gasteiger charge is -2.20. The molecule has 1 fully saturated rings. The van der Waals surface area contributed by atoms with E-state index in [0.717, 1.165) is 18.4 Å². The predicted molar refractivity (Wildman–Crippen MR) is 105 cm³/mol. The molecule has 1 aromatic heterocycles. The lowest BCUT2D eigenvalue weighted by atomic mass is 10.0. The van der Waals surface area contributed by atoms with Gasteiger partial charge in [0, 0.05) is 31.1 Å². The SMILES string of the molecule is Cn1ccnc1C(=O)c1ccc(NC(c2ccc(F)cc2)C2CC2)c([N+](=O)[O-])c1. The van der Waals surface area contributed by atoms with Crippen LogP contribution in [0, 0.1) is 21.8 Å². The molecule has 1 aliphatic carbocycles. The second kappa shape index (κ2) is 7.46. The number of hydrogen-bond donors (Lipinski definition) is 1. The van der Waals surface area contributed by atoms with E-state index in [4.69, 9.17) is 0 Å². The second-order valence-electron chi connectivity index (χ2n) is 7.19. The summed E-state index contributed by atoms with van der Waals surface area (Å²) in [5.41, 5.74) is 1.21. The van der Waals surface area contributed by atoms with Crippen molar-refractivity contribution >= 4 is 17.2 Å². The number of halogens is 1. The monoisotopic (exact) mass is 394 g/mol. The third-order valence-corrected chi connectivity index (χ3v) is 5.11. The summed E-state index contributed by atoms with van der Waals surface area (Å²) in [5, 5.41) is 14.9. The molecule has 7 nitrogen and oxygen atoms in total. The van der Waals surface area contributed by atoms with Gasteiger partial charge in [-0.3, -0.25) is 14.9 Å². The molecule has 0 spiro atoms. The Morgan fingerprint density at radius 1 is 1.28 bits per heavy atom. The van der Waals surface area contributed by atoms with Gasteiger partial charge in [0.25, 0.3) is 5.69 Å². The highest BCUT2D eigenvalue weighted by molar-refractivity contribution is 6.07. The van der Waals surface area contributed by atoms with Gasteiger partial charge in [-0.05, 0) is 48.6 Å². The standard InChI is InChI=1S/C21H19FN4O3/c1-25-11-10-23-21(25)20(27)15-6-9-17(18(12-15)26(28)29)24-19(13-2-3-13)14-4-7-16(22)8-5-14/h4-13,19,24H,2-3H2,1H3. The number of nitrogens with one attached hydrogen (secondary N) is 1. The van der Waals surface area contributed by atoms with Crippen molar-refractivity contribution in [2.75, 3.05) is 5.32 Å². The lowest BCUT2D eigenvalue weighted by Crippen LogP contribution is -2.15. The summed E-state index contributed by atoms with van der Waals surface area (Å²) in [5.74, 6) is -0.174. The quantitative estimate of drug-likeness (QED) is 0.367. The van der Waals surface area contributed by atoms with Crippen molar-refractivity contribution in [1.29, 1.82) is 0 Å². The lowest BCUT2D eigenvalue weighted by molar-refractivity contribution is -0.384. The average molecular weight is 394 g/mol. The number of carbonyl (C=O) groups excluding carboxylic acids is 1. The van der Waals surface area contributed by atoms with Gasteiger partial charge in [-0.25, -0.2) is 9.37 Å². The van der Waals surface area contributed by atoms with E-state index in [0.29, 0.717) is 11.6 Å². The van der Waals surface area contributed by atoms with Crippen molar-refractivity contribution in [3.05, 3.63) is 87.7 Å². The number of imidazole rings is 1. The van der Waals surface area contributed by atoms with E-state index in [2.05, 4.69) is 10.3 Å². The highest BCUT2D eigenvalue weighted by Gasteiger charge is 2.34. The van der Waals surface area contributed by atoms with E-state index in [-0.39, 0.29) is 34.7 Å². The normalized spacial score (nSPS) is 14.4. The van der Waals surface area contributed by atoms with Gasteiger partial charge in [-0.2, -0.15) is 0 Å². The van der Waals surface area contributed by atoms with Gasteiger partial charge < -0.3 is 9.88 Å². The first-order valence-electron chi connectivity index (χ1n) is 9.26. The van der Waals surface area contributed by atoms with Gasteiger partial charge in [0.05, 0.1) is 11.0 Å². The average Bonchev–Trinajstić information content (AvgIpc) is 3.46. The molecule has 0 saturated heterocycles. The Morgan fingerprint density at radius 3 is 2.59 bits per heavy atom. The van der Waals surface area contributed by atoms with E-state index in [1.54, 1.807) is 42.1 Å². The molecule has 0 aliphatic heterocycles. The zero-order valence-electron chi connectivity index (χ0n) is 15.7. The second-order valence-corrected chi connectivity index (χ2v) is 7.19. The van der Waals surface area contributed by atoms with Crippen LogP contribution in [0.4, 0.5) is 15.8 Å². The molecule has 1 aliphatic rings. The molecule has 1 unspecified atom stereocenters. The van der Waals surface area contributed by atoms with Crippen LogP contribution < -0.4 is 5.32 Å². The first kappa shape index (κ1) is 18.8. The Labute approximate surface area is 166 Å². The van der Waals surface area contributed by atoms with Crippen molar-refractivity contribution < 1.29 is 14.1 Å². The maximum absolute atomic E-state index is 13.3. The summed E-state index contributed by atoms with van der Waals surface area (Å²) in [6, 6.07) is 10.4. The summed E-state index contributed by atoms with van der Waals surface area (Å²) in [4.78, 5) is 27.8. The van der Waals surface area contributed by atoms with Crippen LogP contribution in [-0.4, -0.2) is 20.3 Å². The van der Waals surface area contributed by atoms with Crippen molar-refractivity contribution in [2.45, 2.75) is 18.9 Å². The summed E-state index contributed by atoms with van der Waals surface area (Å²) < 4.78 is 14.8. The van der Waals surface area contributed by atoms with Crippen molar-refractivity contribution in [2.24, 2.45) is 13.0 Å². The minimum absolute atomic E-state index is 0.162. The van der Waals surface area contributed by atoms with Crippen LogP contribution in [0.15, 0.2) is 54.9 Å². The Kier molecular flexibility index (Phi) is 4.84. The van der Waals surface area contributed by atoms with Gasteiger partial charge in [-0.15, -0.1) is 0 Å². The molecule has 3 aromatic rings. The zero-order valence-corrected chi connectivity index (χ0v) is 15.7. The number of aryl methyl sites for hydroxylation is 1. The van der Waals surface area contributed by atoms with E-state index >= 15 is 0 Å². The number of aromatic nitrogens is 2. The predicted octanol–water partition coefficient (Wildman–Crippen LogP) is 4.26. The van der Waals surface area contributed by atoms with Gasteiger partial charge in [0.15, 0.2) is 5.82 Å². The van der Waals surface area contributed by atoms with Crippen LogP contribution >= 0.6 is 0 Å². The van der Waals surface area contributed by atoms with E-state index in [9.17, 15) is 19.3 Å².